The van der Waals surface area contributed by atoms with Gasteiger partial charge < -0.3 is 19.9 Å². The molecule has 0 saturated carbocycles. The Hall–Kier alpha value is -2.73. The van der Waals surface area contributed by atoms with Crippen LogP contribution >= 0.6 is 11.6 Å². The molecule has 3 amide bonds. The van der Waals surface area contributed by atoms with Crippen molar-refractivity contribution < 1.29 is 14.3 Å². The maximum Gasteiger partial charge on any atom is 0.410 e. The number of benzene rings is 2. The highest BCUT2D eigenvalue weighted by molar-refractivity contribution is 6.30. The van der Waals surface area contributed by atoms with Crippen molar-refractivity contribution in [3.05, 3.63) is 65.2 Å². The number of carbonyl (C=O) groups is 2. The molecule has 2 aromatic carbocycles. The lowest BCUT2D eigenvalue weighted by Crippen LogP contribution is -2.54. The standard InChI is InChI=1S/C22H26ClN3O3/c1-22(2,3)29-21(28)25-13-14-26(19(15-25)16-7-5-4-6-8-16)20(27)24-18-11-9-17(23)10-12-18/h4-12,19H,13-15H2,1-3H3,(H,24,27). The van der Waals surface area contributed by atoms with Gasteiger partial charge in [0.15, 0.2) is 0 Å². The fraction of sp³-hybridized carbons (Fsp3) is 0.364. The lowest BCUT2D eigenvalue weighted by atomic mass is 10.0. The molecule has 7 heteroatoms. The van der Waals surface area contributed by atoms with Crippen LogP contribution in [0.4, 0.5) is 15.3 Å². The zero-order chi connectivity index (χ0) is 21.0. The van der Waals surface area contributed by atoms with Crippen LogP contribution in [0.15, 0.2) is 54.6 Å². The van der Waals surface area contributed by atoms with Crippen LogP contribution in [0.3, 0.4) is 0 Å². The third-order valence-corrected chi connectivity index (χ3v) is 4.82. The smallest absolute Gasteiger partial charge is 0.410 e. The highest BCUT2D eigenvalue weighted by Crippen LogP contribution is 2.27. The van der Waals surface area contributed by atoms with Crippen LogP contribution in [0.5, 0.6) is 0 Å². The molecule has 0 bridgehead atoms. The number of carbonyl (C=O) groups excluding carboxylic acids is 2. The van der Waals surface area contributed by atoms with Crippen molar-refractivity contribution in [3.63, 3.8) is 0 Å². The van der Waals surface area contributed by atoms with Crippen LogP contribution in [0.25, 0.3) is 0 Å². The second kappa shape index (κ2) is 8.74. The Morgan fingerprint density at radius 2 is 1.69 bits per heavy atom. The largest absolute Gasteiger partial charge is 0.444 e. The third-order valence-electron chi connectivity index (χ3n) is 4.57. The molecule has 0 aromatic heterocycles. The number of nitrogens with one attached hydrogen (secondary N) is 1. The number of hydrogen-bond acceptors (Lipinski definition) is 3. The number of urea groups is 1. The van der Waals surface area contributed by atoms with Gasteiger partial charge in [-0.1, -0.05) is 41.9 Å². The highest BCUT2D eigenvalue weighted by atomic mass is 35.5. The first-order valence-electron chi connectivity index (χ1n) is 9.59. The lowest BCUT2D eigenvalue weighted by molar-refractivity contribution is 0.00956. The Bertz CT molecular complexity index is 850. The molecule has 1 heterocycles. The second-order valence-corrected chi connectivity index (χ2v) is 8.42. The van der Waals surface area contributed by atoms with Crippen LogP contribution in [0, 0.1) is 0 Å². The van der Waals surface area contributed by atoms with Gasteiger partial charge in [-0.3, -0.25) is 0 Å². The van der Waals surface area contributed by atoms with Crippen LogP contribution in [-0.2, 0) is 4.74 Å². The number of ether oxygens (including phenoxy) is 1. The van der Waals surface area contributed by atoms with E-state index in [9.17, 15) is 9.59 Å². The maximum atomic E-state index is 13.0. The molecular formula is C22H26ClN3O3. The zero-order valence-electron chi connectivity index (χ0n) is 16.9. The number of rotatable bonds is 2. The Morgan fingerprint density at radius 3 is 2.31 bits per heavy atom. The Kier molecular flexibility index (Phi) is 6.33. The maximum absolute atomic E-state index is 13.0. The molecule has 1 fully saturated rings. The molecule has 0 spiro atoms. The van der Waals surface area contributed by atoms with Crippen LogP contribution in [0.2, 0.25) is 5.02 Å². The first kappa shape index (κ1) is 21.0. The summed E-state index contributed by atoms with van der Waals surface area (Å²) in [6.07, 6.45) is -0.365. The molecule has 3 rings (SSSR count). The molecule has 6 nitrogen and oxygen atoms in total. The summed E-state index contributed by atoms with van der Waals surface area (Å²) >= 11 is 5.92. The van der Waals surface area contributed by atoms with E-state index in [1.807, 2.05) is 51.1 Å². The predicted octanol–water partition coefficient (Wildman–Crippen LogP) is 5.17. The van der Waals surface area contributed by atoms with Gasteiger partial charge in [0.25, 0.3) is 0 Å². The summed E-state index contributed by atoms with van der Waals surface area (Å²) in [6.45, 7) is 6.71. The van der Waals surface area contributed by atoms with E-state index in [1.165, 1.54) is 0 Å². The molecule has 2 aromatic rings. The summed E-state index contributed by atoms with van der Waals surface area (Å²) in [7, 11) is 0. The van der Waals surface area contributed by atoms with E-state index in [4.69, 9.17) is 16.3 Å². The fourth-order valence-corrected chi connectivity index (χ4v) is 3.33. The minimum absolute atomic E-state index is 0.218. The predicted molar refractivity (Wildman–Crippen MR) is 114 cm³/mol. The van der Waals surface area contributed by atoms with Gasteiger partial charge in [-0.15, -0.1) is 0 Å². The summed E-state index contributed by atoms with van der Waals surface area (Å²) in [5.41, 5.74) is 1.07. The zero-order valence-corrected chi connectivity index (χ0v) is 17.6. The van der Waals surface area contributed by atoms with Crippen molar-refractivity contribution in [1.29, 1.82) is 0 Å². The van der Waals surface area contributed by atoms with E-state index >= 15 is 0 Å². The van der Waals surface area contributed by atoms with Crippen molar-refractivity contribution in [2.75, 3.05) is 25.0 Å². The molecular weight excluding hydrogens is 390 g/mol. The van der Waals surface area contributed by atoms with Crippen molar-refractivity contribution in [2.45, 2.75) is 32.4 Å². The van der Waals surface area contributed by atoms with Gasteiger partial charge in [-0.25, -0.2) is 9.59 Å². The average molecular weight is 416 g/mol. The van der Waals surface area contributed by atoms with E-state index in [-0.39, 0.29) is 18.2 Å². The van der Waals surface area contributed by atoms with Crippen LogP contribution in [0.1, 0.15) is 32.4 Å². The van der Waals surface area contributed by atoms with Gasteiger partial charge in [0, 0.05) is 30.3 Å². The lowest BCUT2D eigenvalue weighted by Gasteiger charge is -2.41. The van der Waals surface area contributed by atoms with Gasteiger partial charge in [0.1, 0.15) is 5.60 Å². The first-order valence-corrected chi connectivity index (χ1v) is 9.97. The summed E-state index contributed by atoms with van der Waals surface area (Å²) < 4.78 is 5.52. The quantitative estimate of drug-likeness (QED) is 0.736. The molecule has 1 aliphatic rings. The van der Waals surface area contributed by atoms with E-state index < -0.39 is 5.60 Å². The van der Waals surface area contributed by atoms with Gasteiger partial charge in [0.2, 0.25) is 0 Å². The molecule has 1 N–H and O–H groups in total. The van der Waals surface area contributed by atoms with E-state index in [2.05, 4.69) is 5.32 Å². The molecule has 1 unspecified atom stereocenters. The van der Waals surface area contributed by atoms with Crippen molar-refractivity contribution in [2.24, 2.45) is 0 Å². The van der Waals surface area contributed by atoms with E-state index in [1.54, 1.807) is 34.1 Å². The average Bonchev–Trinajstić information content (AvgIpc) is 2.68. The number of amides is 3. The normalized spacial score (nSPS) is 17.0. The molecule has 1 aliphatic heterocycles. The summed E-state index contributed by atoms with van der Waals surface area (Å²) in [5.74, 6) is 0. The molecule has 29 heavy (non-hydrogen) atoms. The Balaban J connectivity index is 1.78. The van der Waals surface area contributed by atoms with Gasteiger partial charge >= 0.3 is 12.1 Å². The number of hydrogen-bond donors (Lipinski definition) is 1. The number of halogens is 1. The molecule has 1 atom stereocenters. The minimum atomic E-state index is -0.567. The number of anilines is 1. The van der Waals surface area contributed by atoms with Crippen molar-refractivity contribution in [3.8, 4) is 0 Å². The SMILES string of the molecule is CC(C)(C)OC(=O)N1CCN(C(=O)Nc2ccc(Cl)cc2)C(c2ccccc2)C1. The van der Waals surface area contributed by atoms with E-state index in [0.717, 1.165) is 5.56 Å². The van der Waals surface area contributed by atoms with Crippen LogP contribution in [-0.4, -0.2) is 47.2 Å². The Morgan fingerprint density at radius 1 is 1.03 bits per heavy atom. The summed E-state index contributed by atoms with van der Waals surface area (Å²) in [5, 5.41) is 3.52. The number of piperazine rings is 1. The highest BCUT2D eigenvalue weighted by Gasteiger charge is 2.35. The van der Waals surface area contributed by atoms with Crippen molar-refractivity contribution >= 4 is 29.4 Å². The second-order valence-electron chi connectivity index (χ2n) is 7.98. The Labute approximate surface area is 176 Å². The summed E-state index contributed by atoms with van der Waals surface area (Å²) in [4.78, 5) is 29.0. The van der Waals surface area contributed by atoms with Crippen LogP contribution < -0.4 is 5.32 Å². The summed E-state index contributed by atoms with van der Waals surface area (Å²) in [6, 6.07) is 16.2. The fourth-order valence-electron chi connectivity index (χ4n) is 3.21. The molecule has 0 aliphatic carbocycles. The topological polar surface area (TPSA) is 61.9 Å². The minimum Gasteiger partial charge on any atom is -0.444 e. The van der Waals surface area contributed by atoms with E-state index in [0.29, 0.717) is 30.3 Å². The first-order chi connectivity index (χ1) is 13.7. The monoisotopic (exact) mass is 415 g/mol. The van der Waals surface area contributed by atoms with Gasteiger partial charge in [-0.2, -0.15) is 0 Å². The van der Waals surface area contributed by atoms with Gasteiger partial charge in [-0.05, 0) is 50.6 Å². The number of nitrogens with zero attached hydrogens (tertiary/aromatic N) is 2. The van der Waals surface area contributed by atoms with Gasteiger partial charge in [0.05, 0.1) is 6.04 Å². The van der Waals surface area contributed by atoms with Crippen molar-refractivity contribution in [1.82, 2.24) is 9.80 Å². The third kappa shape index (κ3) is 5.64. The molecule has 0 radical (unpaired) electrons. The molecule has 154 valence electrons. The molecule has 1 saturated heterocycles.